The molecular weight excluding hydrogens is 236 g/mol. The normalized spacial score (nSPS) is 14.7. The van der Waals surface area contributed by atoms with Gasteiger partial charge in [-0.05, 0) is 30.9 Å². The van der Waals surface area contributed by atoms with Crippen molar-refractivity contribution >= 4 is 5.78 Å². The predicted octanol–water partition coefficient (Wildman–Crippen LogP) is 2.86. The van der Waals surface area contributed by atoms with Crippen molar-refractivity contribution in [1.29, 1.82) is 5.26 Å². The molecule has 0 heterocycles. The van der Waals surface area contributed by atoms with Gasteiger partial charge in [-0.15, -0.1) is 0 Å². The zero-order valence-electron chi connectivity index (χ0n) is 11.6. The van der Waals surface area contributed by atoms with Crippen LogP contribution in [0.2, 0.25) is 0 Å². The predicted molar refractivity (Wildman–Crippen MR) is 74.9 cm³/mol. The molecule has 0 aliphatic heterocycles. The first-order chi connectivity index (χ1) is 9.10. The molecule has 0 saturated heterocycles. The van der Waals surface area contributed by atoms with Gasteiger partial charge in [-0.3, -0.25) is 9.69 Å². The lowest BCUT2D eigenvalue weighted by atomic mass is 10.1. The molecule has 19 heavy (non-hydrogen) atoms. The zero-order valence-corrected chi connectivity index (χ0v) is 11.6. The fourth-order valence-corrected chi connectivity index (χ4v) is 2.26. The van der Waals surface area contributed by atoms with Gasteiger partial charge in [0.15, 0.2) is 5.78 Å². The number of benzene rings is 1. The molecule has 1 aliphatic carbocycles. The van der Waals surface area contributed by atoms with Crippen molar-refractivity contribution in [3.8, 4) is 6.07 Å². The average Bonchev–Trinajstić information content (AvgIpc) is 3.21. The lowest BCUT2D eigenvalue weighted by Crippen LogP contribution is -2.34. The summed E-state index contributed by atoms with van der Waals surface area (Å²) < 4.78 is 0. The quantitative estimate of drug-likeness (QED) is 0.735. The van der Waals surface area contributed by atoms with E-state index in [4.69, 9.17) is 5.26 Å². The van der Waals surface area contributed by atoms with E-state index in [-0.39, 0.29) is 5.78 Å². The highest BCUT2D eigenvalue weighted by atomic mass is 16.1. The Bertz CT molecular complexity index is 480. The first kappa shape index (κ1) is 13.8. The van der Waals surface area contributed by atoms with E-state index in [2.05, 4.69) is 24.8 Å². The van der Waals surface area contributed by atoms with Crippen molar-refractivity contribution < 1.29 is 4.79 Å². The van der Waals surface area contributed by atoms with Crippen LogP contribution in [0.3, 0.4) is 0 Å². The molecule has 3 nitrogen and oxygen atoms in total. The van der Waals surface area contributed by atoms with E-state index in [0.717, 1.165) is 6.54 Å². The van der Waals surface area contributed by atoms with Crippen LogP contribution in [0.15, 0.2) is 24.3 Å². The molecule has 1 saturated carbocycles. The molecule has 2 rings (SSSR count). The largest absolute Gasteiger partial charge is 0.293 e. The Morgan fingerprint density at radius 1 is 1.37 bits per heavy atom. The van der Waals surface area contributed by atoms with Gasteiger partial charge < -0.3 is 0 Å². The van der Waals surface area contributed by atoms with Crippen LogP contribution in [0.5, 0.6) is 0 Å². The molecule has 0 atom stereocenters. The van der Waals surface area contributed by atoms with Gasteiger partial charge in [0.2, 0.25) is 0 Å². The smallest absolute Gasteiger partial charge is 0.176 e. The molecular formula is C16H20N2O. The van der Waals surface area contributed by atoms with Crippen LogP contribution in [0.4, 0.5) is 0 Å². The Labute approximate surface area is 114 Å². The van der Waals surface area contributed by atoms with E-state index < -0.39 is 0 Å². The number of hydrogen-bond donors (Lipinski definition) is 0. The van der Waals surface area contributed by atoms with Crippen LogP contribution >= 0.6 is 0 Å². The Morgan fingerprint density at radius 2 is 2.00 bits per heavy atom. The van der Waals surface area contributed by atoms with E-state index in [1.165, 1.54) is 12.8 Å². The van der Waals surface area contributed by atoms with Crippen molar-refractivity contribution in [3.63, 3.8) is 0 Å². The van der Waals surface area contributed by atoms with Gasteiger partial charge in [-0.2, -0.15) is 5.26 Å². The molecule has 0 radical (unpaired) electrons. The minimum absolute atomic E-state index is 0.150. The molecule has 0 amide bonds. The maximum Gasteiger partial charge on any atom is 0.176 e. The monoisotopic (exact) mass is 256 g/mol. The second kappa shape index (κ2) is 5.99. The minimum atomic E-state index is 0.150. The number of carbonyl (C=O) groups excluding carboxylic acids is 1. The number of Topliss-reactive ketones (excluding diaryl/α,β-unsaturated/α-hetero) is 1. The lowest BCUT2D eigenvalue weighted by Gasteiger charge is -2.23. The van der Waals surface area contributed by atoms with Gasteiger partial charge in [-0.25, -0.2) is 0 Å². The summed E-state index contributed by atoms with van der Waals surface area (Å²) >= 11 is 0. The van der Waals surface area contributed by atoms with Gasteiger partial charge >= 0.3 is 0 Å². The Balaban J connectivity index is 2.00. The van der Waals surface area contributed by atoms with Crippen LogP contribution in [0.1, 0.15) is 42.6 Å². The van der Waals surface area contributed by atoms with E-state index in [1.807, 2.05) is 0 Å². The first-order valence-corrected chi connectivity index (χ1v) is 6.87. The van der Waals surface area contributed by atoms with Gasteiger partial charge in [-0.1, -0.05) is 26.0 Å². The number of carbonyl (C=O) groups is 1. The standard InChI is InChI=1S/C16H20N2O/c1-12(2)10-18(15-7-8-15)11-16(19)14-5-3-13(9-17)4-6-14/h3-6,12,15H,7-8,10-11H2,1-2H3. The maximum absolute atomic E-state index is 12.2. The Hall–Kier alpha value is -1.66. The first-order valence-electron chi connectivity index (χ1n) is 6.87. The van der Waals surface area contributed by atoms with Crippen molar-refractivity contribution in [2.75, 3.05) is 13.1 Å². The third-order valence-electron chi connectivity index (χ3n) is 3.35. The number of nitrogens with zero attached hydrogens (tertiary/aromatic N) is 2. The minimum Gasteiger partial charge on any atom is -0.293 e. The molecule has 1 aromatic carbocycles. The van der Waals surface area contributed by atoms with Crippen molar-refractivity contribution in [2.45, 2.75) is 32.7 Å². The summed E-state index contributed by atoms with van der Waals surface area (Å²) in [5.41, 5.74) is 1.30. The van der Waals surface area contributed by atoms with E-state index in [1.54, 1.807) is 24.3 Å². The fraction of sp³-hybridized carbons (Fsp3) is 0.500. The van der Waals surface area contributed by atoms with Gasteiger partial charge in [0.1, 0.15) is 0 Å². The summed E-state index contributed by atoms with van der Waals surface area (Å²) in [7, 11) is 0. The molecule has 0 aromatic heterocycles. The van der Waals surface area contributed by atoms with Crippen LogP contribution < -0.4 is 0 Å². The summed E-state index contributed by atoms with van der Waals surface area (Å²) in [5.74, 6) is 0.728. The van der Waals surface area contributed by atoms with E-state index >= 15 is 0 Å². The zero-order chi connectivity index (χ0) is 13.8. The highest BCUT2D eigenvalue weighted by Crippen LogP contribution is 2.27. The summed E-state index contributed by atoms with van der Waals surface area (Å²) in [6.45, 7) is 5.84. The number of hydrogen-bond acceptors (Lipinski definition) is 3. The van der Waals surface area contributed by atoms with Crippen LogP contribution in [-0.4, -0.2) is 29.8 Å². The third-order valence-corrected chi connectivity index (χ3v) is 3.35. The van der Waals surface area contributed by atoms with E-state index in [9.17, 15) is 4.79 Å². The van der Waals surface area contributed by atoms with Crippen LogP contribution in [-0.2, 0) is 0 Å². The van der Waals surface area contributed by atoms with Crippen molar-refractivity contribution in [2.24, 2.45) is 5.92 Å². The molecule has 100 valence electrons. The van der Waals surface area contributed by atoms with Crippen molar-refractivity contribution in [1.82, 2.24) is 4.90 Å². The summed E-state index contributed by atoms with van der Waals surface area (Å²) in [6.07, 6.45) is 2.43. The molecule has 3 heteroatoms. The molecule has 0 unspecified atom stereocenters. The van der Waals surface area contributed by atoms with Crippen LogP contribution in [0, 0.1) is 17.2 Å². The summed E-state index contributed by atoms with van der Waals surface area (Å²) in [6, 6.07) is 9.58. The maximum atomic E-state index is 12.2. The molecule has 0 N–H and O–H groups in total. The van der Waals surface area contributed by atoms with Crippen molar-refractivity contribution in [3.05, 3.63) is 35.4 Å². The Kier molecular flexibility index (Phi) is 4.34. The topological polar surface area (TPSA) is 44.1 Å². The molecule has 0 bridgehead atoms. The second-order valence-electron chi connectivity index (χ2n) is 5.67. The number of rotatable bonds is 6. The number of nitriles is 1. The summed E-state index contributed by atoms with van der Waals surface area (Å²) in [4.78, 5) is 14.5. The summed E-state index contributed by atoms with van der Waals surface area (Å²) in [5, 5.41) is 8.75. The highest BCUT2D eigenvalue weighted by Gasteiger charge is 2.30. The SMILES string of the molecule is CC(C)CN(CC(=O)c1ccc(C#N)cc1)C1CC1. The fourth-order valence-electron chi connectivity index (χ4n) is 2.26. The van der Waals surface area contributed by atoms with Gasteiger partial charge in [0, 0.05) is 18.2 Å². The van der Waals surface area contributed by atoms with Gasteiger partial charge in [0.05, 0.1) is 18.2 Å². The molecule has 1 aliphatic rings. The van der Waals surface area contributed by atoms with Gasteiger partial charge in [0.25, 0.3) is 0 Å². The second-order valence-corrected chi connectivity index (χ2v) is 5.67. The average molecular weight is 256 g/mol. The molecule has 1 fully saturated rings. The van der Waals surface area contributed by atoms with E-state index in [0.29, 0.717) is 29.6 Å². The lowest BCUT2D eigenvalue weighted by molar-refractivity contribution is 0.0915. The highest BCUT2D eigenvalue weighted by molar-refractivity contribution is 5.97. The van der Waals surface area contributed by atoms with Crippen LogP contribution in [0.25, 0.3) is 0 Å². The number of ketones is 1. The molecule has 0 spiro atoms. The molecule has 1 aromatic rings. The Morgan fingerprint density at radius 3 is 2.47 bits per heavy atom. The third kappa shape index (κ3) is 3.90.